The Kier molecular flexibility index (Phi) is 16.2. The Morgan fingerprint density at radius 2 is 1.67 bits per heavy atom. The number of hydrogen-bond acceptors (Lipinski definition) is 1. The SMILES string of the molecule is CC.CC.CCCCOC1CCCC1C. The maximum Gasteiger partial charge on any atom is 0.0600 e. The van der Waals surface area contributed by atoms with Crippen LogP contribution in [-0.4, -0.2) is 12.7 Å². The highest BCUT2D eigenvalue weighted by Crippen LogP contribution is 2.27. The molecule has 0 aromatic rings. The Bertz CT molecular complexity index is 102. The number of rotatable bonds is 4. The molecule has 1 nitrogen and oxygen atoms in total. The van der Waals surface area contributed by atoms with Crippen LogP contribution >= 0.6 is 0 Å². The van der Waals surface area contributed by atoms with Gasteiger partial charge in [0.15, 0.2) is 0 Å². The summed E-state index contributed by atoms with van der Waals surface area (Å²) in [5, 5.41) is 0. The predicted octanol–water partition coefficient (Wildman–Crippen LogP) is 5.04. The lowest BCUT2D eigenvalue weighted by molar-refractivity contribution is 0.0311. The molecule has 1 rings (SSSR count). The predicted molar refractivity (Wildman–Crippen MR) is 70.4 cm³/mol. The summed E-state index contributed by atoms with van der Waals surface area (Å²) < 4.78 is 5.76. The second-order valence-electron chi connectivity index (χ2n) is 3.67. The second-order valence-corrected chi connectivity index (χ2v) is 3.67. The van der Waals surface area contributed by atoms with Crippen LogP contribution < -0.4 is 0 Å². The zero-order chi connectivity index (χ0) is 12.1. The average Bonchev–Trinajstić information content (AvgIpc) is 2.71. The van der Waals surface area contributed by atoms with Crippen molar-refractivity contribution < 1.29 is 4.74 Å². The Labute approximate surface area is 97.6 Å². The van der Waals surface area contributed by atoms with Gasteiger partial charge in [-0.3, -0.25) is 0 Å². The molecule has 94 valence electrons. The molecule has 1 aliphatic carbocycles. The third-order valence-corrected chi connectivity index (χ3v) is 2.61. The van der Waals surface area contributed by atoms with Crippen molar-refractivity contribution in [3.8, 4) is 0 Å². The van der Waals surface area contributed by atoms with E-state index in [1.54, 1.807) is 0 Å². The van der Waals surface area contributed by atoms with Crippen molar-refractivity contribution >= 4 is 0 Å². The molecule has 0 N–H and O–H groups in total. The van der Waals surface area contributed by atoms with Crippen LogP contribution in [0.3, 0.4) is 0 Å². The molecule has 0 aromatic carbocycles. The van der Waals surface area contributed by atoms with E-state index in [-0.39, 0.29) is 0 Å². The van der Waals surface area contributed by atoms with Crippen molar-refractivity contribution in [3.05, 3.63) is 0 Å². The van der Waals surface area contributed by atoms with Crippen LogP contribution in [0.2, 0.25) is 0 Å². The lowest BCUT2D eigenvalue weighted by Crippen LogP contribution is -2.16. The lowest BCUT2D eigenvalue weighted by Gasteiger charge is -2.15. The molecule has 0 saturated heterocycles. The molecular formula is C14H32O. The summed E-state index contributed by atoms with van der Waals surface area (Å²) >= 11 is 0. The third kappa shape index (κ3) is 8.92. The van der Waals surface area contributed by atoms with Crippen molar-refractivity contribution in [2.75, 3.05) is 6.61 Å². The van der Waals surface area contributed by atoms with Crippen molar-refractivity contribution in [2.45, 2.75) is 79.8 Å². The Morgan fingerprint density at radius 3 is 2.07 bits per heavy atom. The maximum absolute atomic E-state index is 5.76. The quantitative estimate of drug-likeness (QED) is 0.598. The molecule has 0 aliphatic heterocycles. The molecule has 0 bridgehead atoms. The van der Waals surface area contributed by atoms with E-state index >= 15 is 0 Å². The first-order valence-corrected chi connectivity index (χ1v) is 6.96. The number of ether oxygens (including phenoxy) is 1. The average molecular weight is 216 g/mol. The van der Waals surface area contributed by atoms with Crippen LogP contribution in [0, 0.1) is 5.92 Å². The summed E-state index contributed by atoms with van der Waals surface area (Å²) in [7, 11) is 0. The van der Waals surface area contributed by atoms with Crippen LogP contribution in [-0.2, 0) is 4.74 Å². The van der Waals surface area contributed by atoms with E-state index < -0.39 is 0 Å². The molecule has 1 fully saturated rings. The minimum absolute atomic E-state index is 0.585. The Morgan fingerprint density at radius 1 is 1.07 bits per heavy atom. The molecule has 0 heterocycles. The summed E-state index contributed by atoms with van der Waals surface area (Å²) in [4.78, 5) is 0. The molecule has 1 aliphatic rings. The summed E-state index contributed by atoms with van der Waals surface area (Å²) in [6.45, 7) is 13.5. The van der Waals surface area contributed by atoms with E-state index in [4.69, 9.17) is 4.74 Å². The number of hydrogen-bond donors (Lipinski definition) is 0. The van der Waals surface area contributed by atoms with Crippen molar-refractivity contribution in [1.29, 1.82) is 0 Å². The van der Waals surface area contributed by atoms with Gasteiger partial charge >= 0.3 is 0 Å². The highest BCUT2D eigenvalue weighted by Gasteiger charge is 2.23. The smallest absolute Gasteiger partial charge is 0.0600 e. The highest BCUT2D eigenvalue weighted by atomic mass is 16.5. The molecule has 0 aromatic heterocycles. The van der Waals surface area contributed by atoms with E-state index in [9.17, 15) is 0 Å². The van der Waals surface area contributed by atoms with Crippen molar-refractivity contribution in [3.63, 3.8) is 0 Å². The standard InChI is InChI=1S/C10H20O.2C2H6/c1-3-4-8-11-10-7-5-6-9(10)2;2*1-2/h9-10H,3-8H2,1-2H3;2*1-2H3. The van der Waals surface area contributed by atoms with Gasteiger partial charge in [-0.25, -0.2) is 0 Å². The molecule has 1 saturated carbocycles. The topological polar surface area (TPSA) is 9.23 Å². The minimum Gasteiger partial charge on any atom is -0.378 e. The van der Waals surface area contributed by atoms with Crippen LogP contribution in [0.15, 0.2) is 0 Å². The van der Waals surface area contributed by atoms with Gasteiger partial charge in [0.1, 0.15) is 0 Å². The first-order valence-electron chi connectivity index (χ1n) is 6.96. The molecule has 2 atom stereocenters. The summed E-state index contributed by atoms with van der Waals surface area (Å²) in [6, 6.07) is 0. The fraction of sp³-hybridized carbons (Fsp3) is 1.00. The molecule has 15 heavy (non-hydrogen) atoms. The van der Waals surface area contributed by atoms with E-state index in [0.29, 0.717) is 6.10 Å². The van der Waals surface area contributed by atoms with Gasteiger partial charge < -0.3 is 4.74 Å². The zero-order valence-electron chi connectivity index (χ0n) is 11.8. The maximum atomic E-state index is 5.76. The molecule has 2 unspecified atom stereocenters. The molecule has 0 radical (unpaired) electrons. The molecule has 0 amide bonds. The van der Waals surface area contributed by atoms with Crippen molar-refractivity contribution in [2.24, 2.45) is 5.92 Å². The molecule has 1 heteroatoms. The number of unbranched alkanes of at least 4 members (excludes halogenated alkanes) is 1. The molecular weight excluding hydrogens is 184 g/mol. The monoisotopic (exact) mass is 216 g/mol. The first-order chi connectivity index (χ1) is 7.34. The largest absolute Gasteiger partial charge is 0.378 e. The van der Waals surface area contributed by atoms with E-state index in [2.05, 4.69) is 13.8 Å². The highest BCUT2D eigenvalue weighted by molar-refractivity contribution is 4.74. The van der Waals surface area contributed by atoms with Gasteiger partial charge in [-0.2, -0.15) is 0 Å². The van der Waals surface area contributed by atoms with Crippen LogP contribution in [0.4, 0.5) is 0 Å². The lowest BCUT2D eigenvalue weighted by atomic mass is 10.1. The van der Waals surface area contributed by atoms with Gasteiger partial charge in [0.05, 0.1) is 6.10 Å². The second kappa shape index (κ2) is 14.0. The van der Waals surface area contributed by atoms with Crippen LogP contribution in [0.25, 0.3) is 0 Å². The van der Waals surface area contributed by atoms with Gasteiger partial charge in [0.25, 0.3) is 0 Å². The van der Waals surface area contributed by atoms with Gasteiger partial charge in [0, 0.05) is 6.61 Å². The zero-order valence-corrected chi connectivity index (χ0v) is 11.8. The van der Waals surface area contributed by atoms with Crippen molar-refractivity contribution in [1.82, 2.24) is 0 Å². The molecule has 0 spiro atoms. The summed E-state index contributed by atoms with van der Waals surface area (Å²) in [5.74, 6) is 0.812. The van der Waals surface area contributed by atoms with E-state index in [0.717, 1.165) is 12.5 Å². The Hall–Kier alpha value is -0.0400. The van der Waals surface area contributed by atoms with Gasteiger partial charge in [-0.05, 0) is 25.2 Å². The first kappa shape index (κ1) is 17.4. The third-order valence-electron chi connectivity index (χ3n) is 2.61. The normalized spacial score (nSPS) is 23.6. The summed E-state index contributed by atoms with van der Waals surface area (Å²) in [5.41, 5.74) is 0. The van der Waals surface area contributed by atoms with Crippen LogP contribution in [0.1, 0.15) is 73.6 Å². The fourth-order valence-electron chi connectivity index (χ4n) is 1.74. The van der Waals surface area contributed by atoms with E-state index in [1.165, 1.54) is 32.1 Å². The fourth-order valence-corrected chi connectivity index (χ4v) is 1.74. The van der Waals surface area contributed by atoms with E-state index in [1.807, 2.05) is 27.7 Å². The van der Waals surface area contributed by atoms with Gasteiger partial charge in [-0.15, -0.1) is 0 Å². The summed E-state index contributed by atoms with van der Waals surface area (Å²) in [6.07, 6.45) is 7.10. The minimum atomic E-state index is 0.585. The van der Waals surface area contributed by atoms with Gasteiger partial charge in [-0.1, -0.05) is 54.4 Å². The van der Waals surface area contributed by atoms with Gasteiger partial charge in [0.2, 0.25) is 0 Å². The van der Waals surface area contributed by atoms with Crippen LogP contribution in [0.5, 0.6) is 0 Å². The Balaban J connectivity index is 0.